The Morgan fingerprint density at radius 1 is 1.16 bits per heavy atom. The van der Waals surface area contributed by atoms with Crippen LogP contribution in [0.15, 0.2) is 24.3 Å². The summed E-state index contributed by atoms with van der Waals surface area (Å²) in [6, 6.07) is 7.89. The first-order valence-corrected chi connectivity index (χ1v) is 8.24. The number of rotatable bonds is 5. The summed E-state index contributed by atoms with van der Waals surface area (Å²) in [5, 5.41) is 0. The van der Waals surface area contributed by atoms with Crippen LogP contribution in [0.2, 0.25) is 0 Å². The average Bonchev–Trinajstić information content (AvgIpc) is 2.27. The largest absolute Gasteiger partial charge is 0.217 e. The van der Waals surface area contributed by atoms with E-state index in [-0.39, 0.29) is 6.04 Å². The molecule has 0 aromatic heterocycles. The molecule has 0 aliphatic heterocycles. The zero-order valence-electron chi connectivity index (χ0n) is 12.5. The maximum Gasteiger partial charge on any atom is 0.217 e. The molecule has 0 unspecified atom stereocenters. The first-order valence-electron chi connectivity index (χ1n) is 6.76. The lowest BCUT2D eigenvalue weighted by atomic mass is 10.0. The summed E-state index contributed by atoms with van der Waals surface area (Å²) in [4.78, 5) is 0. The number of hydrogen-bond donors (Lipinski definition) is 1. The van der Waals surface area contributed by atoms with E-state index in [0.717, 1.165) is 18.4 Å². The quantitative estimate of drug-likeness (QED) is 0.898. The lowest BCUT2D eigenvalue weighted by Gasteiger charge is -2.25. The smallest absolute Gasteiger partial charge is 0.212 e. The molecular formula is C15H25NO2S. The number of nitrogens with one attached hydrogen (secondary N) is 1. The molecule has 0 amide bonds. The molecule has 0 bridgehead atoms. The molecule has 1 N–H and O–H groups in total. The molecule has 4 heteroatoms. The Morgan fingerprint density at radius 2 is 1.68 bits per heavy atom. The molecule has 1 rings (SSSR count). The molecular weight excluding hydrogens is 258 g/mol. The van der Waals surface area contributed by atoms with Gasteiger partial charge in [0.05, 0.1) is 4.75 Å². The van der Waals surface area contributed by atoms with Gasteiger partial charge in [-0.2, -0.15) is 0 Å². The van der Waals surface area contributed by atoms with Gasteiger partial charge in [-0.05, 0) is 39.7 Å². The maximum atomic E-state index is 12.3. The summed E-state index contributed by atoms with van der Waals surface area (Å²) in [5.74, 6) is 0. The molecule has 1 aromatic carbocycles. The third-order valence-electron chi connectivity index (χ3n) is 3.16. The van der Waals surface area contributed by atoms with Crippen LogP contribution in [-0.2, 0) is 10.0 Å². The van der Waals surface area contributed by atoms with Crippen molar-refractivity contribution in [1.82, 2.24) is 4.72 Å². The van der Waals surface area contributed by atoms with Crippen molar-refractivity contribution in [2.45, 2.75) is 58.2 Å². The van der Waals surface area contributed by atoms with E-state index in [1.54, 1.807) is 20.8 Å². The molecule has 1 atom stereocenters. The van der Waals surface area contributed by atoms with E-state index in [0.29, 0.717) is 0 Å². The van der Waals surface area contributed by atoms with Gasteiger partial charge in [0.1, 0.15) is 0 Å². The first-order chi connectivity index (χ1) is 8.67. The van der Waals surface area contributed by atoms with Crippen molar-refractivity contribution >= 4 is 10.0 Å². The predicted molar refractivity (Wildman–Crippen MR) is 80.6 cm³/mol. The van der Waals surface area contributed by atoms with Gasteiger partial charge in [0.25, 0.3) is 0 Å². The van der Waals surface area contributed by atoms with Gasteiger partial charge in [-0.3, -0.25) is 0 Å². The Kier molecular flexibility index (Phi) is 5.16. The molecule has 0 fully saturated rings. The summed E-state index contributed by atoms with van der Waals surface area (Å²) in [6.07, 6.45) is 1.74. The topological polar surface area (TPSA) is 46.2 Å². The second-order valence-electron chi connectivity index (χ2n) is 5.99. The fraction of sp³-hybridized carbons (Fsp3) is 0.600. The van der Waals surface area contributed by atoms with Gasteiger partial charge < -0.3 is 0 Å². The van der Waals surface area contributed by atoms with Crippen LogP contribution in [0.1, 0.15) is 57.7 Å². The molecule has 108 valence electrons. The number of sulfonamides is 1. The monoisotopic (exact) mass is 283 g/mol. The van der Waals surface area contributed by atoms with Crippen LogP contribution in [0, 0.1) is 6.92 Å². The third kappa shape index (κ3) is 4.32. The van der Waals surface area contributed by atoms with Crippen LogP contribution in [-0.4, -0.2) is 13.2 Å². The van der Waals surface area contributed by atoms with Gasteiger partial charge in [0.2, 0.25) is 10.0 Å². The summed E-state index contributed by atoms with van der Waals surface area (Å²) < 4.78 is 26.6. The van der Waals surface area contributed by atoms with E-state index >= 15 is 0 Å². The number of aryl methyl sites for hydroxylation is 1. The summed E-state index contributed by atoms with van der Waals surface area (Å²) in [6.45, 7) is 9.24. The number of hydrogen-bond acceptors (Lipinski definition) is 2. The van der Waals surface area contributed by atoms with Crippen LogP contribution >= 0.6 is 0 Å². The van der Waals surface area contributed by atoms with Crippen molar-refractivity contribution < 1.29 is 8.42 Å². The third-order valence-corrected chi connectivity index (χ3v) is 5.37. The lowest BCUT2D eigenvalue weighted by Crippen LogP contribution is -2.41. The molecule has 0 aliphatic carbocycles. The minimum atomic E-state index is -3.33. The highest BCUT2D eigenvalue weighted by Crippen LogP contribution is 2.23. The molecule has 3 nitrogen and oxygen atoms in total. The van der Waals surface area contributed by atoms with Crippen molar-refractivity contribution in [1.29, 1.82) is 0 Å². The molecule has 0 radical (unpaired) electrons. The second kappa shape index (κ2) is 6.06. The van der Waals surface area contributed by atoms with E-state index in [2.05, 4.69) is 11.6 Å². The van der Waals surface area contributed by atoms with Crippen LogP contribution in [0.3, 0.4) is 0 Å². The summed E-state index contributed by atoms with van der Waals surface area (Å²) >= 11 is 0. The first kappa shape index (κ1) is 16.2. The van der Waals surface area contributed by atoms with Crippen molar-refractivity contribution in [2.24, 2.45) is 0 Å². The van der Waals surface area contributed by atoms with Gasteiger partial charge >= 0.3 is 0 Å². The van der Waals surface area contributed by atoms with Crippen molar-refractivity contribution in [3.05, 3.63) is 35.4 Å². The summed E-state index contributed by atoms with van der Waals surface area (Å²) in [7, 11) is -3.33. The molecule has 0 heterocycles. The Morgan fingerprint density at radius 3 is 2.11 bits per heavy atom. The van der Waals surface area contributed by atoms with Crippen molar-refractivity contribution in [2.75, 3.05) is 0 Å². The predicted octanol–water partition coefficient (Wildman–Crippen LogP) is 3.55. The van der Waals surface area contributed by atoms with E-state index in [4.69, 9.17) is 0 Å². The van der Waals surface area contributed by atoms with Crippen LogP contribution in [0.4, 0.5) is 0 Å². The van der Waals surface area contributed by atoms with Gasteiger partial charge in [-0.25, -0.2) is 13.1 Å². The highest BCUT2D eigenvalue weighted by atomic mass is 32.2. The van der Waals surface area contributed by atoms with Crippen molar-refractivity contribution in [3.63, 3.8) is 0 Å². The van der Waals surface area contributed by atoms with E-state index < -0.39 is 14.8 Å². The Labute approximate surface area is 117 Å². The zero-order chi connectivity index (χ0) is 14.7. The fourth-order valence-electron chi connectivity index (χ4n) is 1.75. The minimum Gasteiger partial charge on any atom is -0.212 e. The molecule has 1 aromatic rings. The summed E-state index contributed by atoms with van der Waals surface area (Å²) in [5.41, 5.74) is 2.21. The Bertz CT molecular complexity index is 498. The van der Waals surface area contributed by atoms with Gasteiger partial charge in [-0.15, -0.1) is 0 Å². The Balaban J connectivity index is 3.00. The van der Waals surface area contributed by atoms with E-state index in [1.807, 2.05) is 31.2 Å². The average molecular weight is 283 g/mol. The van der Waals surface area contributed by atoms with E-state index in [9.17, 15) is 8.42 Å². The molecule has 0 spiro atoms. The lowest BCUT2D eigenvalue weighted by molar-refractivity contribution is 0.510. The fourth-order valence-corrected chi connectivity index (χ4v) is 2.73. The zero-order valence-corrected chi connectivity index (χ0v) is 13.3. The number of benzene rings is 1. The molecule has 19 heavy (non-hydrogen) atoms. The standard InChI is InChI=1S/C15H25NO2S/c1-6-7-14(13-10-8-12(2)9-11-13)16-19(17,18)15(3,4)5/h8-11,14,16H,6-7H2,1-5H3/t14-/m1/s1. The SMILES string of the molecule is CCC[C@@H](NS(=O)(=O)C(C)(C)C)c1ccc(C)cc1. The van der Waals surface area contributed by atoms with Crippen LogP contribution in [0.5, 0.6) is 0 Å². The molecule has 0 aliphatic rings. The highest BCUT2D eigenvalue weighted by Gasteiger charge is 2.31. The molecule has 0 saturated heterocycles. The van der Waals surface area contributed by atoms with Gasteiger partial charge in [-0.1, -0.05) is 43.2 Å². The Hall–Kier alpha value is -0.870. The second-order valence-corrected chi connectivity index (χ2v) is 8.45. The van der Waals surface area contributed by atoms with Crippen molar-refractivity contribution in [3.8, 4) is 0 Å². The normalized spacial score (nSPS) is 14.4. The maximum absolute atomic E-state index is 12.3. The van der Waals surface area contributed by atoms with Crippen LogP contribution < -0.4 is 4.72 Å². The minimum absolute atomic E-state index is 0.144. The van der Waals surface area contributed by atoms with Crippen LogP contribution in [0.25, 0.3) is 0 Å². The van der Waals surface area contributed by atoms with E-state index in [1.165, 1.54) is 5.56 Å². The van der Waals surface area contributed by atoms with Gasteiger partial charge in [0.15, 0.2) is 0 Å². The van der Waals surface area contributed by atoms with Gasteiger partial charge in [0, 0.05) is 6.04 Å². The molecule has 0 saturated carbocycles. The highest BCUT2D eigenvalue weighted by molar-refractivity contribution is 7.90.